The maximum absolute atomic E-state index is 5.94. The van der Waals surface area contributed by atoms with Gasteiger partial charge in [-0.2, -0.15) is 0 Å². The van der Waals surface area contributed by atoms with Crippen LogP contribution in [0.2, 0.25) is 0 Å². The molecule has 0 aliphatic carbocycles. The summed E-state index contributed by atoms with van der Waals surface area (Å²) in [6.45, 7) is 0.562. The monoisotopic (exact) mass is 457 g/mol. The van der Waals surface area contributed by atoms with Crippen LogP contribution in [0, 0.1) is 0 Å². The molecule has 3 N–H and O–H groups in total. The Morgan fingerprint density at radius 3 is 2.32 bits per heavy atom. The maximum atomic E-state index is 5.94. The van der Waals surface area contributed by atoms with E-state index in [4.69, 9.17) is 19.9 Å². The lowest BCUT2D eigenvalue weighted by atomic mass is 10.1. The van der Waals surface area contributed by atoms with E-state index in [9.17, 15) is 0 Å². The van der Waals surface area contributed by atoms with Gasteiger partial charge in [0.25, 0.3) is 0 Å². The molecular formula is C18H24IN3O3. The van der Waals surface area contributed by atoms with Crippen LogP contribution in [0.3, 0.4) is 0 Å². The number of guanidine groups is 1. The molecular weight excluding hydrogens is 433 g/mol. The fourth-order valence-electron chi connectivity index (χ4n) is 2.31. The Morgan fingerprint density at radius 2 is 1.64 bits per heavy atom. The molecule has 0 radical (unpaired) electrons. The zero-order chi connectivity index (χ0) is 17.4. The van der Waals surface area contributed by atoms with Crippen LogP contribution in [0.25, 0.3) is 0 Å². The van der Waals surface area contributed by atoms with Crippen LogP contribution in [-0.4, -0.2) is 33.8 Å². The van der Waals surface area contributed by atoms with Gasteiger partial charge in [0.1, 0.15) is 5.75 Å². The number of hydrogen-bond acceptors (Lipinski definition) is 4. The highest BCUT2D eigenvalue weighted by Gasteiger charge is 2.05. The fourth-order valence-corrected chi connectivity index (χ4v) is 2.31. The number of nitrogens with zero attached hydrogens (tertiary/aromatic N) is 1. The molecule has 0 saturated carbocycles. The summed E-state index contributed by atoms with van der Waals surface area (Å²) >= 11 is 0. The van der Waals surface area contributed by atoms with E-state index in [0.717, 1.165) is 23.4 Å². The van der Waals surface area contributed by atoms with Gasteiger partial charge >= 0.3 is 0 Å². The van der Waals surface area contributed by atoms with E-state index in [-0.39, 0.29) is 24.0 Å². The number of halogens is 1. The molecule has 0 unspecified atom stereocenters. The minimum Gasteiger partial charge on any atom is -0.496 e. The molecule has 0 atom stereocenters. The number of ether oxygens (including phenoxy) is 3. The molecule has 2 aromatic carbocycles. The number of methoxy groups -OCH3 is 3. The van der Waals surface area contributed by atoms with Gasteiger partial charge in [-0.15, -0.1) is 24.0 Å². The number of hydrogen-bond donors (Lipinski definition) is 2. The van der Waals surface area contributed by atoms with Gasteiger partial charge in [0.05, 0.1) is 21.3 Å². The van der Waals surface area contributed by atoms with Gasteiger partial charge in [-0.05, 0) is 30.2 Å². The van der Waals surface area contributed by atoms with Crippen LogP contribution in [0.4, 0.5) is 5.69 Å². The van der Waals surface area contributed by atoms with E-state index < -0.39 is 0 Å². The van der Waals surface area contributed by atoms with Crippen LogP contribution in [0.15, 0.2) is 47.5 Å². The lowest BCUT2D eigenvalue weighted by Gasteiger charge is -2.11. The standard InChI is InChI=1S/C18H23N3O3.HI/c1-22-15-7-5-4-6-13(15)10-11-20-18(19)21-14-8-9-16(23-2)17(12-14)24-3;/h4-9,12H,10-11H2,1-3H3,(H3,19,20,21);1H. The Labute approximate surface area is 165 Å². The van der Waals surface area contributed by atoms with Crippen molar-refractivity contribution < 1.29 is 14.2 Å². The van der Waals surface area contributed by atoms with E-state index in [2.05, 4.69) is 10.3 Å². The number of aliphatic imine (C=N–C) groups is 1. The molecule has 7 heteroatoms. The smallest absolute Gasteiger partial charge is 0.193 e. The second-order valence-electron chi connectivity index (χ2n) is 5.02. The summed E-state index contributed by atoms with van der Waals surface area (Å²) < 4.78 is 15.8. The van der Waals surface area contributed by atoms with Gasteiger partial charge in [0.2, 0.25) is 0 Å². The van der Waals surface area contributed by atoms with Crippen LogP contribution >= 0.6 is 24.0 Å². The van der Waals surface area contributed by atoms with E-state index >= 15 is 0 Å². The summed E-state index contributed by atoms with van der Waals surface area (Å²) in [6, 6.07) is 13.3. The fraction of sp³-hybridized carbons (Fsp3) is 0.278. The highest BCUT2D eigenvalue weighted by atomic mass is 127. The van der Waals surface area contributed by atoms with Gasteiger partial charge in [0, 0.05) is 18.3 Å². The highest BCUT2D eigenvalue weighted by molar-refractivity contribution is 14.0. The van der Waals surface area contributed by atoms with Crippen LogP contribution in [-0.2, 0) is 6.42 Å². The first-order valence-electron chi connectivity index (χ1n) is 7.58. The summed E-state index contributed by atoms with van der Waals surface area (Å²) in [5.74, 6) is 2.50. The van der Waals surface area contributed by atoms with Crippen molar-refractivity contribution in [2.24, 2.45) is 10.7 Å². The normalized spacial score (nSPS) is 10.6. The van der Waals surface area contributed by atoms with Crippen molar-refractivity contribution in [1.29, 1.82) is 0 Å². The number of anilines is 1. The summed E-state index contributed by atoms with van der Waals surface area (Å²) in [7, 11) is 4.85. The Balaban J connectivity index is 0.00000312. The Morgan fingerprint density at radius 1 is 0.960 bits per heavy atom. The first kappa shape index (κ1) is 20.9. The van der Waals surface area contributed by atoms with Crippen molar-refractivity contribution in [2.45, 2.75) is 6.42 Å². The summed E-state index contributed by atoms with van der Waals surface area (Å²) in [5.41, 5.74) is 7.82. The van der Waals surface area contributed by atoms with Crippen LogP contribution < -0.4 is 25.3 Å². The number of nitrogens with two attached hydrogens (primary N) is 1. The molecule has 0 aliphatic rings. The summed E-state index contributed by atoms with van der Waals surface area (Å²) in [5, 5.41) is 3.04. The molecule has 2 rings (SSSR count). The highest BCUT2D eigenvalue weighted by Crippen LogP contribution is 2.29. The molecule has 0 heterocycles. The molecule has 0 amide bonds. The van der Waals surface area contributed by atoms with E-state index in [0.29, 0.717) is 24.0 Å². The average molecular weight is 457 g/mol. The molecule has 0 saturated heterocycles. The van der Waals surface area contributed by atoms with Crippen LogP contribution in [0.5, 0.6) is 17.2 Å². The quantitative estimate of drug-likeness (QED) is 0.379. The SMILES string of the molecule is COc1ccccc1CCN=C(N)Nc1ccc(OC)c(OC)c1.I. The Hall–Kier alpha value is -2.16. The van der Waals surface area contributed by atoms with Crippen LogP contribution in [0.1, 0.15) is 5.56 Å². The number of para-hydroxylation sites is 1. The van der Waals surface area contributed by atoms with Crippen molar-refractivity contribution in [3.8, 4) is 17.2 Å². The second-order valence-corrected chi connectivity index (χ2v) is 5.02. The zero-order valence-corrected chi connectivity index (χ0v) is 16.9. The molecule has 2 aromatic rings. The molecule has 0 fully saturated rings. The third-order valence-corrected chi connectivity index (χ3v) is 3.51. The molecule has 0 aliphatic heterocycles. The predicted octanol–water partition coefficient (Wildman–Crippen LogP) is 3.30. The lowest BCUT2D eigenvalue weighted by Crippen LogP contribution is -2.23. The maximum Gasteiger partial charge on any atom is 0.193 e. The van der Waals surface area contributed by atoms with Crippen molar-refractivity contribution in [3.63, 3.8) is 0 Å². The first-order valence-corrected chi connectivity index (χ1v) is 7.58. The lowest BCUT2D eigenvalue weighted by molar-refractivity contribution is 0.355. The third kappa shape index (κ3) is 6.00. The third-order valence-electron chi connectivity index (χ3n) is 3.51. The molecule has 136 valence electrons. The van der Waals surface area contributed by atoms with Gasteiger partial charge in [0.15, 0.2) is 17.5 Å². The first-order chi connectivity index (χ1) is 11.7. The van der Waals surface area contributed by atoms with Crippen molar-refractivity contribution in [3.05, 3.63) is 48.0 Å². The topological polar surface area (TPSA) is 78.1 Å². The minimum absolute atomic E-state index is 0. The van der Waals surface area contributed by atoms with Gasteiger partial charge in [-0.3, -0.25) is 4.99 Å². The largest absolute Gasteiger partial charge is 0.496 e. The van der Waals surface area contributed by atoms with Gasteiger partial charge < -0.3 is 25.3 Å². The van der Waals surface area contributed by atoms with Gasteiger partial charge in [-0.25, -0.2) is 0 Å². The molecule has 0 bridgehead atoms. The van der Waals surface area contributed by atoms with Crippen molar-refractivity contribution >= 4 is 35.6 Å². The number of nitrogens with one attached hydrogen (secondary N) is 1. The molecule has 0 aromatic heterocycles. The van der Waals surface area contributed by atoms with Crippen molar-refractivity contribution in [2.75, 3.05) is 33.2 Å². The minimum atomic E-state index is 0. The Bertz CT molecular complexity index is 708. The average Bonchev–Trinajstić information content (AvgIpc) is 2.62. The predicted molar refractivity (Wildman–Crippen MR) is 112 cm³/mol. The molecule has 6 nitrogen and oxygen atoms in total. The Kier molecular flexibility index (Phi) is 8.90. The van der Waals surface area contributed by atoms with Gasteiger partial charge in [-0.1, -0.05) is 18.2 Å². The number of benzene rings is 2. The second kappa shape index (κ2) is 10.7. The summed E-state index contributed by atoms with van der Waals surface area (Å²) in [4.78, 5) is 4.34. The summed E-state index contributed by atoms with van der Waals surface area (Å²) in [6.07, 6.45) is 0.748. The number of rotatable bonds is 7. The van der Waals surface area contributed by atoms with E-state index in [1.807, 2.05) is 36.4 Å². The van der Waals surface area contributed by atoms with E-state index in [1.54, 1.807) is 27.4 Å². The van der Waals surface area contributed by atoms with E-state index in [1.165, 1.54) is 0 Å². The zero-order valence-electron chi connectivity index (χ0n) is 14.6. The molecule has 0 spiro atoms. The molecule has 25 heavy (non-hydrogen) atoms. The van der Waals surface area contributed by atoms with Crippen molar-refractivity contribution in [1.82, 2.24) is 0 Å².